The molecule has 1 aromatic heterocycles. The Kier molecular flexibility index (Phi) is 3.30. The Hall–Kier alpha value is -2.87. The smallest absolute Gasteiger partial charge is 0.335 e. The monoisotopic (exact) mass is 317 g/mol. The first-order valence-corrected chi connectivity index (χ1v) is 7.73. The number of aromatic amines is 1. The fourth-order valence-electron chi connectivity index (χ4n) is 1.99. The standard InChI is InChI=1S/C14H11N3O4S/c18-14(19)9-1-4-11(5-2-9)22(20,21)17-10-3-6-12-13(7-10)16-8-15-12/h1-8,17H,(H,15,16)(H,18,19). The van der Waals surface area contributed by atoms with Gasteiger partial charge in [0.2, 0.25) is 0 Å². The highest BCUT2D eigenvalue weighted by Crippen LogP contribution is 2.20. The van der Waals surface area contributed by atoms with Gasteiger partial charge in [0.25, 0.3) is 10.0 Å². The number of benzene rings is 2. The molecule has 0 aliphatic rings. The number of sulfonamides is 1. The minimum absolute atomic E-state index is 0.0118. The third-order valence-corrected chi connectivity index (χ3v) is 4.48. The van der Waals surface area contributed by atoms with Crippen LogP contribution in [0.15, 0.2) is 53.7 Å². The first-order valence-electron chi connectivity index (χ1n) is 6.25. The summed E-state index contributed by atoms with van der Waals surface area (Å²) in [7, 11) is -3.78. The lowest BCUT2D eigenvalue weighted by Crippen LogP contribution is -2.13. The maximum absolute atomic E-state index is 12.3. The van der Waals surface area contributed by atoms with Gasteiger partial charge in [-0.2, -0.15) is 0 Å². The highest BCUT2D eigenvalue weighted by atomic mass is 32.2. The summed E-state index contributed by atoms with van der Waals surface area (Å²) >= 11 is 0. The van der Waals surface area contributed by atoms with Crippen molar-refractivity contribution in [1.82, 2.24) is 9.97 Å². The Labute approximate surface area is 125 Å². The third kappa shape index (κ3) is 2.63. The first-order chi connectivity index (χ1) is 10.5. The van der Waals surface area contributed by atoms with Gasteiger partial charge in [0.05, 0.1) is 33.5 Å². The number of hydrogen-bond donors (Lipinski definition) is 3. The van der Waals surface area contributed by atoms with Crippen LogP contribution in [0.4, 0.5) is 5.69 Å². The van der Waals surface area contributed by atoms with E-state index in [0.29, 0.717) is 11.2 Å². The summed E-state index contributed by atoms with van der Waals surface area (Å²) < 4.78 is 27.0. The number of carbonyl (C=O) groups is 1. The fourth-order valence-corrected chi connectivity index (χ4v) is 3.04. The van der Waals surface area contributed by atoms with Crippen molar-refractivity contribution in [2.24, 2.45) is 0 Å². The number of nitrogens with zero attached hydrogens (tertiary/aromatic N) is 1. The molecule has 112 valence electrons. The third-order valence-electron chi connectivity index (χ3n) is 3.08. The van der Waals surface area contributed by atoms with Gasteiger partial charge < -0.3 is 10.1 Å². The van der Waals surface area contributed by atoms with E-state index < -0.39 is 16.0 Å². The lowest BCUT2D eigenvalue weighted by atomic mass is 10.2. The molecular formula is C14H11N3O4S. The Morgan fingerprint density at radius 2 is 1.86 bits per heavy atom. The van der Waals surface area contributed by atoms with E-state index in [1.165, 1.54) is 30.6 Å². The number of hydrogen-bond acceptors (Lipinski definition) is 4. The predicted molar refractivity (Wildman–Crippen MR) is 80.3 cm³/mol. The minimum Gasteiger partial charge on any atom is -0.478 e. The number of rotatable bonds is 4. The molecule has 0 bridgehead atoms. The van der Waals surface area contributed by atoms with Crippen LogP contribution in [0, 0.1) is 0 Å². The lowest BCUT2D eigenvalue weighted by molar-refractivity contribution is 0.0696. The van der Waals surface area contributed by atoms with Crippen LogP contribution in [-0.4, -0.2) is 29.5 Å². The molecule has 0 radical (unpaired) electrons. The molecule has 0 saturated carbocycles. The van der Waals surface area contributed by atoms with Gasteiger partial charge in [-0.15, -0.1) is 0 Å². The Morgan fingerprint density at radius 1 is 1.14 bits per heavy atom. The molecule has 0 aliphatic carbocycles. The average Bonchev–Trinajstić information content (AvgIpc) is 2.94. The zero-order chi connectivity index (χ0) is 15.7. The van der Waals surface area contributed by atoms with E-state index in [9.17, 15) is 13.2 Å². The molecule has 7 nitrogen and oxygen atoms in total. The number of aromatic nitrogens is 2. The van der Waals surface area contributed by atoms with Crippen LogP contribution in [0.25, 0.3) is 11.0 Å². The predicted octanol–water partition coefficient (Wildman–Crippen LogP) is 2.06. The van der Waals surface area contributed by atoms with Crippen molar-refractivity contribution in [3.8, 4) is 0 Å². The average molecular weight is 317 g/mol. The van der Waals surface area contributed by atoms with E-state index in [1.54, 1.807) is 18.2 Å². The van der Waals surface area contributed by atoms with Gasteiger partial charge >= 0.3 is 5.97 Å². The van der Waals surface area contributed by atoms with Gasteiger partial charge in [-0.25, -0.2) is 18.2 Å². The molecule has 3 N–H and O–H groups in total. The summed E-state index contributed by atoms with van der Waals surface area (Å²) in [5, 5.41) is 8.82. The molecule has 0 amide bonds. The summed E-state index contributed by atoms with van der Waals surface area (Å²) in [4.78, 5) is 17.7. The van der Waals surface area contributed by atoms with Crippen molar-refractivity contribution in [2.75, 3.05) is 4.72 Å². The maximum Gasteiger partial charge on any atom is 0.335 e. The molecular weight excluding hydrogens is 306 g/mol. The van der Waals surface area contributed by atoms with E-state index in [-0.39, 0.29) is 10.5 Å². The normalized spacial score (nSPS) is 11.5. The molecule has 0 unspecified atom stereocenters. The van der Waals surface area contributed by atoms with Crippen molar-refractivity contribution >= 4 is 32.7 Å². The minimum atomic E-state index is -3.78. The molecule has 0 fully saturated rings. The van der Waals surface area contributed by atoms with Crippen LogP contribution >= 0.6 is 0 Å². The van der Waals surface area contributed by atoms with Gasteiger partial charge in [-0.05, 0) is 42.5 Å². The van der Waals surface area contributed by atoms with Crippen molar-refractivity contribution in [3.63, 3.8) is 0 Å². The zero-order valence-corrected chi connectivity index (χ0v) is 12.0. The number of imidazole rings is 1. The molecule has 3 aromatic rings. The number of H-pyrrole nitrogens is 1. The summed E-state index contributed by atoms with van der Waals surface area (Å²) in [5.41, 5.74) is 1.85. The van der Waals surface area contributed by atoms with Crippen LogP contribution in [0.2, 0.25) is 0 Å². The number of aromatic carboxylic acids is 1. The SMILES string of the molecule is O=C(O)c1ccc(S(=O)(=O)Nc2ccc3nc[nH]c3c2)cc1. The van der Waals surface area contributed by atoms with E-state index in [2.05, 4.69) is 14.7 Å². The number of carboxylic acids is 1. The van der Waals surface area contributed by atoms with Gasteiger partial charge in [0.15, 0.2) is 0 Å². The second-order valence-electron chi connectivity index (χ2n) is 4.57. The highest BCUT2D eigenvalue weighted by Gasteiger charge is 2.15. The summed E-state index contributed by atoms with van der Waals surface area (Å²) in [6.45, 7) is 0. The lowest BCUT2D eigenvalue weighted by Gasteiger charge is -2.08. The van der Waals surface area contributed by atoms with E-state index in [0.717, 1.165) is 5.52 Å². The Morgan fingerprint density at radius 3 is 2.55 bits per heavy atom. The molecule has 2 aromatic carbocycles. The number of nitrogens with one attached hydrogen (secondary N) is 2. The number of carboxylic acid groups (broad SMARTS) is 1. The second kappa shape index (κ2) is 5.15. The van der Waals surface area contributed by atoms with E-state index >= 15 is 0 Å². The quantitative estimate of drug-likeness (QED) is 0.682. The van der Waals surface area contributed by atoms with Gasteiger partial charge in [-0.1, -0.05) is 0 Å². The summed E-state index contributed by atoms with van der Waals surface area (Å²) in [6, 6.07) is 9.92. The van der Waals surface area contributed by atoms with Crippen LogP contribution in [0.5, 0.6) is 0 Å². The van der Waals surface area contributed by atoms with Crippen molar-refractivity contribution in [1.29, 1.82) is 0 Å². The van der Waals surface area contributed by atoms with Crippen LogP contribution in [-0.2, 0) is 10.0 Å². The van der Waals surface area contributed by atoms with Crippen LogP contribution in [0.3, 0.4) is 0 Å². The molecule has 0 spiro atoms. The van der Waals surface area contributed by atoms with Crippen LogP contribution in [0.1, 0.15) is 10.4 Å². The number of fused-ring (bicyclic) bond motifs is 1. The fraction of sp³-hybridized carbons (Fsp3) is 0. The van der Waals surface area contributed by atoms with Crippen molar-refractivity contribution in [3.05, 3.63) is 54.4 Å². The summed E-state index contributed by atoms with van der Waals surface area (Å²) in [6.07, 6.45) is 1.52. The topological polar surface area (TPSA) is 112 Å². The molecule has 0 atom stereocenters. The van der Waals surface area contributed by atoms with Gasteiger partial charge in [0.1, 0.15) is 0 Å². The zero-order valence-electron chi connectivity index (χ0n) is 11.1. The molecule has 0 aliphatic heterocycles. The van der Waals surface area contributed by atoms with Gasteiger partial charge in [-0.3, -0.25) is 4.72 Å². The highest BCUT2D eigenvalue weighted by molar-refractivity contribution is 7.92. The largest absolute Gasteiger partial charge is 0.478 e. The second-order valence-corrected chi connectivity index (χ2v) is 6.25. The first kappa shape index (κ1) is 14.1. The molecule has 22 heavy (non-hydrogen) atoms. The Balaban J connectivity index is 1.90. The van der Waals surface area contributed by atoms with Crippen LogP contribution < -0.4 is 4.72 Å². The van der Waals surface area contributed by atoms with E-state index in [1.807, 2.05) is 0 Å². The summed E-state index contributed by atoms with van der Waals surface area (Å²) in [5.74, 6) is -1.11. The van der Waals surface area contributed by atoms with Crippen molar-refractivity contribution in [2.45, 2.75) is 4.90 Å². The molecule has 8 heteroatoms. The molecule has 0 saturated heterocycles. The van der Waals surface area contributed by atoms with Crippen molar-refractivity contribution < 1.29 is 18.3 Å². The molecule has 1 heterocycles. The Bertz CT molecular complexity index is 946. The van der Waals surface area contributed by atoms with Gasteiger partial charge in [0, 0.05) is 0 Å². The molecule has 3 rings (SSSR count). The van der Waals surface area contributed by atoms with E-state index in [4.69, 9.17) is 5.11 Å². The number of anilines is 1. The maximum atomic E-state index is 12.3.